The predicted molar refractivity (Wildman–Crippen MR) is 160 cm³/mol. The zero-order valence-corrected chi connectivity index (χ0v) is 23.7. The molecule has 3 N–H and O–H groups in total. The number of carbonyl (C=O) groups excluding carboxylic acids is 1. The molecule has 0 spiro atoms. The molecule has 5 nitrogen and oxygen atoms in total. The molecule has 1 saturated carbocycles. The Morgan fingerprint density at radius 2 is 1.67 bits per heavy atom. The first-order valence-corrected chi connectivity index (χ1v) is 14.4. The maximum Gasteiger partial charge on any atom is 0.162 e. The zero-order chi connectivity index (χ0) is 27.5. The normalized spacial score (nSPS) is 16.3. The maximum absolute atomic E-state index is 13.5. The molecule has 1 aliphatic heterocycles. The monoisotopic (exact) mass is 564 g/mol. The van der Waals surface area contributed by atoms with Gasteiger partial charge in [-0.15, -0.1) is 0 Å². The van der Waals surface area contributed by atoms with Crippen LogP contribution in [0.15, 0.2) is 60.2 Å². The van der Waals surface area contributed by atoms with Crippen LogP contribution in [0.4, 0.5) is 5.69 Å². The van der Waals surface area contributed by atoms with Crippen LogP contribution in [0, 0.1) is 5.92 Å². The first-order chi connectivity index (χ1) is 18.9. The quantitative estimate of drug-likeness (QED) is 0.195. The van der Waals surface area contributed by atoms with Gasteiger partial charge in [-0.1, -0.05) is 48.3 Å². The number of phenolic OH excluding ortho intramolecular Hbond substituents is 1. The molecule has 2 aliphatic rings. The summed E-state index contributed by atoms with van der Waals surface area (Å²) in [7, 11) is 0. The number of nitrogens with zero attached hydrogens (tertiary/aromatic N) is 1. The molecule has 3 aromatic rings. The average Bonchev–Trinajstić information content (AvgIpc) is 3.66. The van der Waals surface area contributed by atoms with Crippen molar-refractivity contribution in [1.29, 1.82) is 0 Å². The number of allylic oxidation sites excluding steroid dienone is 1. The first-order valence-electron chi connectivity index (χ1n) is 13.7. The number of anilines is 1. The number of aromatic hydroxyl groups is 1. The summed E-state index contributed by atoms with van der Waals surface area (Å²) >= 11 is 12.4. The molecule has 1 heterocycles. The van der Waals surface area contributed by atoms with Gasteiger partial charge in [-0.3, -0.25) is 9.69 Å². The van der Waals surface area contributed by atoms with Crippen LogP contribution in [0.5, 0.6) is 11.5 Å². The molecule has 204 valence electrons. The SMILES string of the molecule is CCC(C(=O)C1CC1)=C(c1ccc(OCCN2CCCC2)cc1)c1cc(-c2cc(Cl)c(O)c(Cl)c2)ccc1N. The standard InChI is InChI=1S/C32H34Cl2N2O3/c1-2-25(31(37)21-5-6-21)30(20-7-10-24(11-8-20)39-16-15-36-13-3-4-14-36)26-17-22(9-12-29(26)35)23-18-27(33)32(38)28(34)19-23/h7-12,17-19,21,38H,2-6,13-16,35H2,1H3. The van der Waals surface area contributed by atoms with E-state index in [1.165, 1.54) is 12.8 Å². The third-order valence-electron chi connectivity index (χ3n) is 7.59. The number of nitrogens with two attached hydrogens (primary N) is 1. The molecule has 1 saturated heterocycles. The van der Waals surface area contributed by atoms with Gasteiger partial charge in [0.25, 0.3) is 0 Å². The number of hydrogen-bond donors (Lipinski definition) is 2. The van der Waals surface area contributed by atoms with Gasteiger partial charge in [-0.2, -0.15) is 0 Å². The molecular weight excluding hydrogens is 531 g/mol. The van der Waals surface area contributed by atoms with Gasteiger partial charge in [-0.25, -0.2) is 0 Å². The van der Waals surface area contributed by atoms with Crippen molar-refractivity contribution in [2.75, 3.05) is 32.0 Å². The van der Waals surface area contributed by atoms with E-state index in [4.69, 9.17) is 33.7 Å². The van der Waals surface area contributed by atoms with Crippen molar-refractivity contribution in [1.82, 2.24) is 4.90 Å². The number of carbonyl (C=O) groups is 1. The molecule has 39 heavy (non-hydrogen) atoms. The van der Waals surface area contributed by atoms with E-state index >= 15 is 0 Å². The predicted octanol–water partition coefficient (Wildman–Crippen LogP) is 7.61. The van der Waals surface area contributed by atoms with E-state index < -0.39 is 0 Å². The van der Waals surface area contributed by atoms with Crippen LogP contribution < -0.4 is 10.5 Å². The maximum atomic E-state index is 13.5. The van der Waals surface area contributed by atoms with Crippen molar-refractivity contribution in [2.24, 2.45) is 5.92 Å². The van der Waals surface area contributed by atoms with Gasteiger partial charge in [0.05, 0.1) is 10.0 Å². The van der Waals surface area contributed by atoms with E-state index in [0.717, 1.165) is 71.6 Å². The molecule has 0 amide bonds. The Labute approximate surface area is 240 Å². The van der Waals surface area contributed by atoms with Crippen LogP contribution >= 0.6 is 23.2 Å². The molecule has 5 rings (SSSR count). The fourth-order valence-corrected chi connectivity index (χ4v) is 5.75. The van der Waals surface area contributed by atoms with E-state index in [2.05, 4.69) is 4.90 Å². The fraction of sp³-hybridized carbons (Fsp3) is 0.344. The highest BCUT2D eigenvalue weighted by atomic mass is 35.5. The Kier molecular flexibility index (Phi) is 8.51. The largest absolute Gasteiger partial charge is 0.505 e. The van der Waals surface area contributed by atoms with Gasteiger partial charge in [0.1, 0.15) is 12.4 Å². The van der Waals surface area contributed by atoms with Gasteiger partial charge in [0.2, 0.25) is 0 Å². The van der Waals surface area contributed by atoms with Crippen LogP contribution in [-0.2, 0) is 4.79 Å². The van der Waals surface area contributed by atoms with Gasteiger partial charge in [0.15, 0.2) is 11.5 Å². The molecule has 2 fully saturated rings. The number of rotatable bonds is 10. The lowest BCUT2D eigenvalue weighted by Crippen LogP contribution is -2.25. The van der Waals surface area contributed by atoms with E-state index in [0.29, 0.717) is 18.7 Å². The molecule has 0 atom stereocenters. The summed E-state index contributed by atoms with van der Waals surface area (Å²) in [5.41, 5.74) is 12.0. The summed E-state index contributed by atoms with van der Waals surface area (Å²) in [6.07, 6.45) is 4.98. The lowest BCUT2D eigenvalue weighted by Gasteiger charge is -2.19. The summed E-state index contributed by atoms with van der Waals surface area (Å²) in [5, 5.41) is 10.4. The topological polar surface area (TPSA) is 75.8 Å². The number of nitrogen functional groups attached to an aromatic ring is 1. The van der Waals surface area contributed by atoms with Crippen molar-refractivity contribution in [2.45, 2.75) is 39.0 Å². The first kappa shape index (κ1) is 27.6. The highest BCUT2D eigenvalue weighted by Crippen LogP contribution is 2.42. The Morgan fingerprint density at radius 1 is 1.00 bits per heavy atom. The van der Waals surface area contributed by atoms with Crippen molar-refractivity contribution in [3.8, 4) is 22.6 Å². The molecule has 0 unspecified atom stereocenters. The van der Waals surface area contributed by atoms with Gasteiger partial charge < -0.3 is 15.6 Å². The number of hydrogen-bond acceptors (Lipinski definition) is 5. The number of ether oxygens (including phenoxy) is 1. The molecule has 0 aromatic heterocycles. The minimum atomic E-state index is -0.149. The molecule has 0 radical (unpaired) electrons. The average molecular weight is 566 g/mol. The van der Waals surface area contributed by atoms with Crippen LogP contribution in [0.25, 0.3) is 16.7 Å². The van der Waals surface area contributed by atoms with Crippen molar-refractivity contribution in [3.05, 3.63) is 81.3 Å². The Bertz CT molecular complexity index is 1370. The summed E-state index contributed by atoms with van der Waals surface area (Å²) in [5.74, 6) is 0.935. The van der Waals surface area contributed by atoms with E-state index in [1.54, 1.807) is 12.1 Å². The van der Waals surface area contributed by atoms with Crippen LogP contribution in [-0.4, -0.2) is 42.0 Å². The van der Waals surface area contributed by atoms with Crippen LogP contribution in [0.3, 0.4) is 0 Å². The fourth-order valence-electron chi connectivity index (χ4n) is 5.26. The second kappa shape index (κ2) is 12.0. The van der Waals surface area contributed by atoms with Crippen LogP contribution in [0.2, 0.25) is 10.0 Å². The number of likely N-dealkylation sites (tertiary alicyclic amines) is 1. The highest BCUT2D eigenvalue weighted by molar-refractivity contribution is 6.37. The minimum absolute atomic E-state index is 0.0854. The van der Waals surface area contributed by atoms with Crippen molar-refractivity contribution < 1.29 is 14.6 Å². The molecule has 0 bridgehead atoms. The van der Waals surface area contributed by atoms with Crippen molar-refractivity contribution in [3.63, 3.8) is 0 Å². The lowest BCUT2D eigenvalue weighted by molar-refractivity contribution is -0.116. The number of ketones is 1. The summed E-state index contributed by atoms with van der Waals surface area (Å²) in [6.45, 7) is 5.89. The van der Waals surface area contributed by atoms with Gasteiger partial charge in [-0.05, 0) is 104 Å². The Morgan fingerprint density at radius 3 is 2.28 bits per heavy atom. The number of phenols is 1. The second-order valence-electron chi connectivity index (χ2n) is 10.4. The molecular formula is C32H34Cl2N2O3. The van der Waals surface area contributed by atoms with E-state index in [-0.39, 0.29) is 27.5 Å². The molecule has 3 aromatic carbocycles. The van der Waals surface area contributed by atoms with Crippen molar-refractivity contribution >= 4 is 40.2 Å². The van der Waals surface area contributed by atoms with Gasteiger partial charge >= 0.3 is 0 Å². The number of halogens is 2. The van der Waals surface area contributed by atoms with Crippen LogP contribution in [0.1, 0.15) is 50.2 Å². The Hall–Kier alpha value is -2.99. The molecule has 7 heteroatoms. The third kappa shape index (κ3) is 6.27. The number of benzene rings is 3. The summed E-state index contributed by atoms with van der Waals surface area (Å²) in [6, 6.07) is 17.0. The Balaban J connectivity index is 1.52. The third-order valence-corrected chi connectivity index (χ3v) is 8.17. The lowest BCUT2D eigenvalue weighted by atomic mass is 9.86. The highest BCUT2D eigenvalue weighted by Gasteiger charge is 2.33. The molecule has 1 aliphatic carbocycles. The zero-order valence-electron chi connectivity index (χ0n) is 22.2. The smallest absolute Gasteiger partial charge is 0.162 e. The second-order valence-corrected chi connectivity index (χ2v) is 11.2. The summed E-state index contributed by atoms with van der Waals surface area (Å²) in [4.78, 5) is 15.9. The van der Waals surface area contributed by atoms with E-state index in [1.807, 2.05) is 49.4 Å². The summed E-state index contributed by atoms with van der Waals surface area (Å²) < 4.78 is 6.03. The van der Waals surface area contributed by atoms with Gasteiger partial charge in [0, 0.05) is 29.3 Å². The minimum Gasteiger partial charge on any atom is -0.505 e. The number of Topliss-reactive ketones (excluding diaryl/α,β-unsaturated/α-hetero) is 1. The van der Waals surface area contributed by atoms with E-state index in [9.17, 15) is 9.90 Å².